The third kappa shape index (κ3) is 3.99. The molecule has 1 heterocycles. The summed E-state index contributed by atoms with van der Waals surface area (Å²) in [7, 11) is 0. The highest BCUT2D eigenvalue weighted by atomic mass is 79.9. The quantitative estimate of drug-likeness (QED) is 0.756. The molecule has 1 aliphatic rings. The summed E-state index contributed by atoms with van der Waals surface area (Å²) in [6.45, 7) is 5.04. The van der Waals surface area contributed by atoms with Gasteiger partial charge in [0.1, 0.15) is 0 Å². The zero-order valence-corrected chi connectivity index (χ0v) is 15.1. The fraction of sp³-hybridized carbons (Fsp3) is 0.368. The first-order valence-corrected chi connectivity index (χ1v) is 8.84. The maximum atomic E-state index is 12.8. The highest BCUT2D eigenvalue weighted by Gasteiger charge is 2.33. The summed E-state index contributed by atoms with van der Waals surface area (Å²) < 4.78 is 0.834. The molecule has 0 unspecified atom stereocenters. The number of amides is 1. The first kappa shape index (κ1) is 16.2. The van der Waals surface area contributed by atoms with Gasteiger partial charge in [0.05, 0.1) is 5.56 Å². The molecule has 2 aromatic rings. The first-order chi connectivity index (χ1) is 11.0. The van der Waals surface area contributed by atoms with Gasteiger partial charge in [-0.1, -0.05) is 38.1 Å². The molecule has 3 rings (SSSR count). The van der Waals surface area contributed by atoms with Gasteiger partial charge in [0.25, 0.3) is 5.91 Å². The van der Waals surface area contributed by atoms with Crippen molar-refractivity contribution < 1.29 is 4.79 Å². The van der Waals surface area contributed by atoms with Crippen LogP contribution in [-0.4, -0.2) is 21.8 Å². The number of hydrogen-bond donors (Lipinski definition) is 0. The van der Waals surface area contributed by atoms with Gasteiger partial charge in [-0.15, -0.1) is 0 Å². The van der Waals surface area contributed by atoms with E-state index < -0.39 is 0 Å². The number of benzene rings is 1. The predicted octanol–water partition coefficient (Wildman–Crippen LogP) is 4.77. The van der Waals surface area contributed by atoms with Gasteiger partial charge < -0.3 is 4.90 Å². The minimum atomic E-state index is 0.0641. The molecule has 1 aromatic heterocycles. The number of aromatic nitrogens is 1. The average molecular weight is 373 g/mol. The van der Waals surface area contributed by atoms with Crippen molar-refractivity contribution in [3.63, 3.8) is 0 Å². The molecule has 120 valence electrons. The van der Waals surface area contributed by atoms with Gasteiger partial charge in [-0.3, -0.25) is 9.78 Å². The second-order valence-electron chi connectivity index (χ2n) is 6.45. The molecule has 0 atom stereocenters. The fourth-order valence-electron chi connectivity index (χ4n) is 2.65. The van der Waals surface area contributed by atoms with Crippen LogP contribution < -0.4 is 0 Å². The number of carbonyl (C=O) groups excluding carboxylic acids is 1. The van der Waals surface area contributed by atoms with Crippen molar-refractivity contribution in [2.45, 2.75) is 45.2 Å². The predicted molar refractivity (Wildman–Crippen MR) is 95.4 cm³/mol. The second kappa shape index (κ2) is 6.83. The Kier molecular flexibility index (Phi) is 4.81. The lowest BCUT2D eigenvalue weighted by atomic mass is 10.0. The van der Waals surface area contributed by atoms with E-state index in [1.54, 1.807) is 12.4 Å². The van der Waals surface area contributed by atoms with Gasteiger partial charge in [0.15, 0.2) is 0 Å². The summed E-state index contributed by atoms with van der Waals surface area (Å²) in [6.07, 6.45) is 5.53. The standard InChI is InChI=1S/C19H21BrN2O/c1-13(2)15-5-3-14(4-6-15)12-22(18-7-8-18)19(23)16-9-17(20)11-21-10-16/h3-6,9-11,13,18H,7-8,12H2,1-2H3. The minimum Gasteiger partial charge on any atom is -0.331 e. The number of rotatable bonds is 5. The zero-order chi connectivity index (χ0) is 16.4. The average Bonchev–Trinajstić information content (AvgIpc) is 3.37. The molecule has 3 nitrogen and oxygen atoms in total. The van der Waals surface area contributed by atoms with Crippen LogP contribution in [0.1, 0.15) is 54.1 Å². The minimum absolute atomic E-state index is 0.0641. The van der Waals surface area contributed by atoms with Gasteiger partial charge in [0.2, 0.25) is 0 Å². The molecule has 0 spiro atoms. The Hall–Kier alpha value is -1.68. The largest absolute Gasteiger partial charge is 0.331 e. The lowest BCUT2D eigenvalue weighted by Gasteiger charge is -2.23. The molecule has 1 fully saturated rings. The Morgan fingerprint density at radius 3 is 2.52 bits per heavy atom. The Morgan fingerprint density at radius 2 is 1.96 bits per heavy atom. The molecule has 4 heteroatoms. The summed E-state index contributed by atoms with van der Waals surface area (Å²) >= 11 is 3.39. The molecule has 0 N–H and O–H groups in total. The van der Waals surface area contributed by atoms with Crippen molar-refractivity contribution in [2.24, 2.45) is 0 Å². The zero-order valence-electron chi connectivity index (χ0n) is 13.5. The second-order valence-corrected chi connectivity index (χ2v) is 7.37. The number of pyridine rings is 1. The normalized spacial score (nSPS) is 14.1. The van der Waals surface area contributed by atoms with Gasteiger partial charge in [-0.25, -0.2) is 0 Å². The summed E-state index contributed by atoms with van der Waals surface area (Å²) in [5.74, 6) is 0.590. The molecule has 0 bridgehead atoms. The van der Waals surface area contributed by atoms with Crippen LogP contribution in [0.2, 0.25) is 0 Å². The third-order valence-electron chi connectivity index (χ3n) is 4.20. The fourth-order valence-corrected chi connectivity index (χ4v) is 3.02. The summed E-state index contributed by atoms with van der Waals surface area (Å²) in [4.78, 5) is 18.9. The van der Waals surface area contributed by atoms with Gasteiger partial charge in [0, 0.05) is 29.5 Å². The molecule has 0 aliphatic heterocycles. The van der Waals surface area contributed by atoms with Crippen molar-refractivity contribution >= 4 is 21.8 Å². The molecule has 1 aromatic carbocycles. The highest BCUT2D eigenvalue weighted by molar-refractivity contribution is 9.10. The number of carbonyl (C=O) groups is 1. The number of nitrogens with zero attached hydrogens (tertiary/aromatic N) is 2. The summed E-state index contributed by atoms with van der Waals surface area (Å²) in [5.41, 5.74) is 3.15. The van der Waals surface area contributed by atoms with Gasteiger partial charge >= 0.3 is 0 Å². The Bertz CT molecular complexity index is 693. The van der Waals surface area contributed by atoms with E-state index in [0.29, 0.717) is 24.1 Å². The van der Waals surface area contributed by atoms with E-state index in [1.807, 2.05) is 11.0 Å². The van der Waals surface area contributed by atoms with Crippen LogP contribution in [0.3, 0.4) is 0 Å². The molecule has 1 amide bonds. The SMILES string of the molecule is CC(C)c1ccc(CN(C(=O)c2cncc(Br)c2)C2CC2)cc1. The molecule has 0 radical (unpaired) electrons. The van der Waals surface area contributed by atoms with E-state index >= 15 is 0 Å². The maximum Gasteiger partial charge on any atom is 0.256 e. The van der Waals surface area contributed by atoms with Crippen LogP contribution in [0, 0.1) is 0 Å². The van der Waals surface area contributed by atoms with Crippen LogP contribution in [0.5, 0.6) is 0 Å². The monoisotopic (exact) mass is 372 g/mol. The Morgan fingerprint density at radius 1 is 1.26 bits per heavy atom. The number of halogens is 1. The topological polar surface area (TPSA) is 33.2 Å². The van der Waals surface area contributed by atoms with Crippen LogP contribution in [0.15, 0.2) is 47.2 Å². The third-order valence-corrected chi connectivity index (χ3v) is 4.63. The molecule has 1 aliphatic carbocycles. The Balaban J connectivity index is 1.78. The van der Waals surface area contributed by atoms with E-state index in [-0.39, 0.29) is 5.91 Å². The van der Waals surface area contributed by atoms with Crippen molar-refractivity contribution in [3.8, 4) is 0 Å². The highest BCUT2D eigenvalue weighted by Crippen LogP contribution is 2.30. The lowest BCUT2D eigenvalue weighted by Crippen LogP contribution is -2.32. The molecule has 23 heavy (non-hydrogen) atoms. The summed E-state index contributed by atoms with van der Waals surface area (Å²) in [6, 6.07) is 10.8. The number of hydrogen-bond acceptors (Lipinski definition) is 2. The maximum absolute atomic E-state index is 12.8. The molecular weight excluding hydrogens is 352 g/mol. The Labute approximate surface area is 145 Å². The van der Waals surface area contributed by atoms with Crippen LogP contribution in [-0.2, 0) is 6.54 Å². The molecule has 1 saturated carbocycles. The van der Waals surface area contributed by atoms with Crippen LogP contribution in [0.4, 0.5) is 0 Å². The lowest BCUT2D eigenvalue weighted by molar-refractivity contribution is 0.0729. The van der Waals surface area contributed by atoms with E-state index in [4.69, 9.17) is 0 Å². The van der Waals surface area contributed by atoms with E-state index in [0.717, 1.165) is 17.3 Å². The molecule has 0 saturated heterocycles. The molecular formula is C19H21BrN2O. The van der Waals surface area contributed by atoms with E-state index in [9.17, 15) is 4.79 Å². The van der Waals surface area contributed by atoms with Crippen molar-refractivity contribution in [3.05, 3.63) is 63.9 Å². The van der Waals surface area contributed by atoms with Crippen LogP contribution >= 0.6 is 15.9 Å². The van der Waals surface area contributed by atoms with Gasteiger partial charge in [-0.05, 0) is 51.9 Å². The van der Waals surface area contributed by atoms with E-state index in [1.165, 1.54) is 11.1 Å². The van der Waals surface area contributed by atoms with Crippen molar-refractivity contribution in [1.82, 2.24) is 9.88 Å². The van der Waals surface area contributed by atoms with Crippen molar-refractivity contribution in [2.75, 3.05) is 0 Å². The van der Waals surface area contributed by atoms with E-state index in [2.05, 4.69) is 59.0 Å². The van der Waals surface area contributed by atoms with Crippen LogP contribution in [0.25, 0.3) is 0 Å². The summed E-state index contributed by atoms with van der Waals surface area (Å²) in [5, 5.41) is 0. The van der Waals surface area contributed by atoms with Gasteiger partial charge in [-0.2, -0.15) is 0 Å². The smallest absolute Gasteiger partial charge is 0.256 e. The van der Waals surface area contributed by atoms with Crippen molar-refractivity contribution in [1.29, 1.82) is 0 Å². The first-order valence-electron chi connectivity index (χ1n) is 8.05.